The Morgan fingerprint density at radius 3 is 2.39 bits per heavy atom. The molecule has 6 heteroatoms. The normalized spacial score (nSPS) is 14.0. The van der Waals surface area contributed by atoms with Crippen LogP contribution in [0.25, 0.3) is 0 Å². The van der Waals surface area contributed by atoms with Gasteiger partial charge >= 0.3 is 0 Å². The Hall–Kier alpha value is -3.41. The fourth-order valence-electron chi connectivity index (χ4n) is 3.33. The molecule has 0 radical (unpaired) electrons. The molecule has 0 aliphatic carbocycles. The van der Waals surface area contributed by atoms with Gasteiger partial charge in [0, 0.05) is 38.1 Å². The molecular weight excluding hydrogens is 355 g/mol. The van der Waals surface area contributed by atoms with Gasteiger partial charge in [-0.05, 0) is 30.3 Å². The zero-order valence-electron chi connectivity index (χ0n) is 15.4. The molecule has 0 spiro atoms. The first kappa shape index (κ1) is 18.0. The molecule has 4 rings (SSSR count). The largest absolute Gasteiger partial charge is 0.368 e. The van der Waals surface area contributed by atoms with Crippen LogP contribution in [0.5, 0.6) is 0 Å². The number of aromatic nitrogens is 1. The maximum Gasteiger partial charge on any atom is 0.255 e. The highest BCUT2D eigenvalue weighted by atomic mass is 19.1. The predicted molar refractivity (Wildman–Crippen MR) is 108 cm³/mol. The molecule has 2 heterocycles. The predicted octanol–water partition coefficient (Wildman–Crippen LogP) is 3.93. The van der Waals surface area contributed by atoms with Gasteiger partial charge in [-0.15, -0.1) is 0 Å². The zero-order valence-corrected chi connectivity index (χ0v) is 15.4. The molecule has 142 valence electrons. The molecule has 1 aromatic heterocycles. The van der Waals surface area contributed by atoms with E-state index in [1.807, 2.05) is 23.1 Å². The molecule has 0 unspecified atom stereocenters. The fourth-order valence-corrected chi connectivity index (χ4v) is 3.33. The lowest BCUT2D eigenvalue weighted by molar-refractivity contribution is 0.0746. The Bertz CT molecular complexity index is 956. The number of hydrogen-bond acceptors (Lipinski definition) is 4. The van der Waals surface area contributed by atoms with Crippen LogP contribution in [0.4, 0.5) is 21.5 Å². The first-order valence-corrected chi connectivity index (χ1v) is 9.26. The van der Waals surface area contributed by atoms with Gasteiger partial charge in [-0.3, -0.25) is 9.78 Å². The van der Waals surface area contributed by atoms with Crippen LogP contribution in [-0.4, -0.2) is 42.0 Å². The smallest absolute Gasteiger partial charge is 0.255 e. The van der Waals surface area contributed by atoms with Crippen molar-refractivity contribution in [2.45, 2.75) is 0 Å². The van der Waals surface area contributed by atoms with Crippen molar-refractivity contribution in [3.05, 3.63) is 84.4 Å². The van der Waals surface area contributed by atoms with E-state index in [0.717, 1.165) is 13.1 Å². The Labute approximate surface area is 163 Å². The number of amides is 1. The number of piperazine rings is 1. The van der Waals surface area contributed by atoms with E-state index in [1.54, 1.807) is 36.7 Å². The van der Waals surface area contributed by atoms with Crippen molar-refractivity contribution in [2.75, 3.05) is 36.4 Å². The molecule has 1 amide bonds. The van der Waals surface area contributed by atoms with Gasteiger partial charge in [-0.25, -0.2) is 4.39 Å². The highest BCUT2D eigenvalue weighted by Gasteiger charge is 2.22. The average Bonchev–Trinajstić information content (AvgIpc) is 2.76. The second-order valence-corrected chi connectivity index (χ2v) is 6.68. The lowest BCUT2D eigenvalue weighted by atomic mass is 10.2. The summed E-state index contributed by atoms with van der Waals surface area (Å²) >= 11 is 0. The summed E-state index contributed by atoms with van der Waals surface area (Å²) < 4.78 is 13.8. The summed E-state index contributed by atoms with van der Waals surface area (Å²) in [6.07, 6.45) is 3.13. The molecule has 1 saturated heterocycles. The van der Waals surface area contributed by atoms with Gasteiger partial charge in [-0.1, -0.05) is 30.3 Å². The number of hydrogen-bond donors (Lipinski definition) is 1. The van der Waals surface area contributed by atoms with Crippen LogP contribution < -0.4 is 10.2 Å². The van der Waals surface area contributed by atoms with Gasteiger partial charge in [0.2, 0.25) is 0 Å². The summed E-state index contributed by atoms with van der Waals surface area (Å²) in [4.78, 5) is 21.1. The van der Waals surface area contributed by atoms with Crippen LogP contribution in [0.2, 0.25) is 0 Å². The van der Waals surface area contributed by atoms with E-state index in [0.29, 0.717) is 30.0 Å². The first-order chi connectivity index (χ1) is 13.7. The molecule has 5 nitrogen and oxygen atoms in total. The molecule has 0 saturated carbocycles. The van der Waals surface area contributed by atoms with Crippen LogP contribution in [0, 0.1) is 5.82 Å². The molecule has 1 fully saturated rings. The Morgan fingerprint density at radius 2 is 1.64 bits per heavy atom. The third-order valence-corrected chi connectivity index (χ3v) is 4.83. The van der Waals surface area contributed by atoms with Crippen molar-refractivity contribution >= 4 is 23.0 Å². The van der Waals surface area contributed by atoms with Gasteiger partial charge in [-0.2, -0.15) is 0 Å². The van der Waals surface area contributed by atoms with Crippen molar-refractivity contribution < 1.29 is 9.18 Å². The number of rotatable bonds is 4. The summed E-state index contributed by atoms with van der Waals surface area (Å²) in [6, 6.07) is 18.3. The number of nitrogens with zero attached hydrogens (tertiary/aromatic N) is 3. The number of halogens is 1. The summed E-state index contributed by atoms with van der Waals surface area (Å²) in [5.41, 5.74) is 2.60. The van der Waals surface area contributed by atoms with Gasteiger partial charge in [0.1, 0.15) is 5.82 Å². The third-order valence-electron chi connectivity index (χ3n) is 4.83. The molecule has 0 bridgehead atoms. The van der Waals surface area contributed by atoms with E-state index in [2.05, 4.69) is 27.3 Å². The number of carbonyl (C=O) groups excluding carboxylic acids is 1. The topological polar surface area (TPSA) is 48.5 Å². The van der Waals surface area contributed by atoms with E-state index in [9.17, 15) is 9.18 Å². The molecule has 3 aromatic rings. The highest BCUT2D eigenvalue weighted by Crippen LogP contribution is 2.21. The maximum absolute atomic E-state index is 13.8. The van der Waals surface area contributed by atoms with E-state index >= 15 is 0 Å². The molecule has 2 aromatic carbocycles. The Balaban J connectivity index is 1.42. The Kier molecular flexibility index (Phi) is 5.19. The number of para-hydroxylation sites is 2. The van der Waals surface area contributed by atoms with Crippen molar-refractivity contribution in [2.24, 2.45) is 0 Å². The summed E-state index contributed by atoms with van der Waals surface area (Å²) in [5, 5.41) is 2.98. The van der Waals surface area contributed by atoms with Crippen molar-refractivity contribution in [3.63, 3.8) is 0 Å². The number of carbonyl (C=O) groups is 1. The molecule has 0 atom stereocenters. The second-order valence-electron chi connectivity index (χ2n) is 6.68. The van der Waals surface area contributed by atoms with Crippen LogP contribution in [0.15, 0.2) is 73.1 Å². The maximum atomic E-state index is 13.8. The zero-order chi connectivity index (χ0) is 19.3. The summed E-state index contributed by atoms with van der Waals surface area (Å²) in [5.74, 6) is -0.409. The lowest BCUT2D eigenvalue weighted by Crippen LogP contribution is -2.48. The first-order valence-electron chi connectivity index (χ1n) is 9.26. The van der Waals surface area contributed by atoms with E-state index in [4.69, 9.17) is 0 Å². The number of nitrogens with one attached hydrogen (secondary N) is 1. The monoisotopic (exact) mass is 376 g/mol. The van der Waals surface area contributed by atoms with Crippen molar-refractivity contribution in [1.82, 2.24) is 9.88 Å². The minimum absolute atomic E-state index is 0.0580. The van der Waals surface area contributed by atoms with E-state index in [-0.39, 0.29) is 11.7 Å². The van der Waals surface area contributed by atoms with E-state index in [1.165, 1.54) is 11.8 Å². The molecule has 28 heavy (non-hydrogen) atoms. The minimum Gasteiger partial charge on any atom is -0.368 e. The van der Waals surface area contributed by atoms with Gasteiger partial charge < -0.3 is 15.1 Å². The summed E-state index contributed by atoms with van der Waals surface area (Å²) in [7, 11) is 0. The lowest BCUT2D eigenvalue weighted by Gasteiger charge is -2.36. The molecule has 1 aliphatic heterocycles. The van der Waals surface area contributed by atoms with Crippen molar-refractivity contribution in [1.29, 1.82) is 0 Å². The summed E-state index contributed by atoms with van der Waals surface area (Å²) in [6.45, 7) is 2.88. The molecule has 1 aliphatic rings. The standard InChI is InChI=1S/C22H21FN4O/c23-20-8-4-5-9-21(20)25-18-14-17(15-24-16-18)22(28)27-12-10-26(11-13-27)19-6-2-1-3-7-19/h1-9,14-16,25H,10-13H2. The van der Waals surface area contributed by atoms with Gasteiger partial charge in [0.05, 0.1) is 23.1 Å². The molecule has 1 N–H and O–H groups in total. The second kappa shape index (κ2) is 8.08. The van der Waals surface area contributed by atoms with E-state index < -0.39 is 0 Å². The minimum atomic E-state index is -0.351. The molecular formula is C22H21FN4O. The Morgan fingerprint density at radius 1 is 0.929 bits per heavy atom. The van der Waals surface area contributed by atoms with Gasteiger partial charge in [0.25, 0.3) is 5.91 Å². The SMILES string of the molecule is O=C(c1cncc(Nc2ccccc2F)c1)N1CCN(c2ccccc2)CC1. The number of benzene rings is 2. The van der Waals surface area contributed by atoms with Crippen LogP contribution in [0.3, 0.4) is 0 Å². The third kappa shape index (κ3) is 3.96. The highest BCUT2D eigenvalue weighted by molar-refractivity contribution is 5.95. The van der Waals surface area contributed by atoms with Crippen LogP contribution in [-0.2, 0) is 0 Å². The van der Waals surface area contributed by atoms with Gasteiger partial charge in [0.15, 0.2) is 0 Å². The fraction of sp³-hybridized carbons (Fsp3) is 0.182. The van der Waals surface area contributed by atoms with Crippen LogP contribution >= 0.6 is 0 Å². The quantitative estimate of drug-likeness (QED) is 0.750. The number of anilines is 3. The van der Waals surface area contributed by atoms with Crippen LogP contribution in [0.1, 0.15) is 10.4 Å². The average molecular weight is 376 g/mol. The number of pyridine rings is 1. The van der Waals surface area contributed by atoms with Crippen molar-refractivity contribution in [3.8, 4) is 0 Å².